The fraction of sp³-hybridized carbons (Fsp3) is 0.765. The first kappa shape index (κ1) is 88.5. The normalized spacial score (nSPS) is 27.7. The number of nitrogens with one attached hydrogen (secondary N) is 10. The Morgan fingerprint density at radius 3 is 1.86 bits per heavy atom. The average Bonchev–Trinajstić information content (AvgIpc) is 1.60. The highest BCUT2D eigenvalue weighted by atomic mass is 33.1. The van der Waals surface area contributed by atoms with E-state index in [0.29, 0.717) is 42.9 Å². The summed E-state index contributed by atoms with van der Waals surface area (Å²) in [6.07, 6.45) is 3.40. The number of aliphatic hydroxyl groups is 2. The van der Waals surface area contributed by atoms with Crippen LogP contribution in [0.2, 0.25) is 0 Å². The second-order valence-corrected chi connectivity index (χ2v) is 32.2. The van der Waals surface area contributed by atoms with Crippen LogP contribution in [0.25, 0.3) is 0 Å². The first-order valence-corrected chi connectivity index (χ1v) is 39.0. The molecule has 4 heterocycles. The van der Waals surface area contributed by atoms with Crippen LogP contribution >= 0.6 is 21.6 Å². The van der Waals surface area contributed by atoms with Gasteiger partial charge in [0.15, 0.2) is 11.3 Å². The number of hydrogen-bond acceptors (Lipinski definition) is 21. The summed E-state index contributed by atoms with van der Waals surface area (Å²) in [5.74, 6) is -16.5. The van der Waals surface area contributed by atoms with E-state index in [0.717, 1.165) is 17.2 Å². The van der Waals surface area contributed by atoms with Crippen LogP contribution in [0.4, 0.5) is 0 Å². The van der Waals surface area contributed by atoms with Crippen molar-refractivity contribution in [2.24, 2.45) is 51.6 Å². The lowest BCUT2D eigenvalue weighted by molar-refractivity contribution is -0.150. The third-order valence-electron chi connectivity index (χ3n) is 20.2. The standard InChI is InChI=1S/C68H114N18O18S2/c1-11-19-38(74-53(92)36(8)69)55(94)83-63-62(101)79-43(32-88)56(95)75-39(21-16-25-73-67(71)72)54(93)78-42(31-87)57(96)77-41(28-33(4)5)64(102)85-27-18-24-46(85)65(103)86-44-22-15-14-20-37(44)29-47(86)59(98)80-49(34(6)12-2)60(99)82-51(68(9,10)106-105-63)61(100)81-50(35(7)13-3)66(104)84-26-17-23-45(84)58(97)76-40(52(70)91)30-48(89)90/h33-47,49-51,63,87-88H,11-32,69H2,1-10H3,(H2,70,91)(H,74,92)(H,75,95)(H,76,97)(H,77,96)(H,78,93)(H,79,101)(H,80,98)(H,81,100)(H,82,99)(H,83,94)(H,89,90)(H4,71,72,73)/t34-,35-,36-,37-,38-,39-,40-,41-,42-,43-,44-,45-,46-,47-,49?,50-,51+,63?/m0/s1. The van der Waals surface area contributed by atoms with Gasteiger partial charge in [-0.25, -0.2) is 0 Å². The van der Waals surface area contributed by atoms with E-state index >= 15 is 28.8 Å². The number of fused-ring (bicyclic) bond motifs is 4. The maximum atomic E-state index is 15.7. The molecule has 21 N–H and O–H groups in total. The molecule has 596 valence electrons. The Balaban J connectivity index is 1.72. The summed E-state index contributed by atoms with van der Waals surface area (Å²) in [7, 11) is 1.29. The smallest absolute Gasteiger partial charge is 0.305 e. The summed E-state index contributed by atoms with van der Waals surface area (Å²) in [5, 5.41) is 55.3. The van der Waals surface area contributed by atoms with Crippen LogP contribution < -0.4 is 76.1 Å². The first-order chi connectivity index (χ1) is 49.9. The number of carboxylic acids is 1. The summed E-state index contributed by atoms with van der Waals surface area (Å²) in [6, 6.07) is -19.6. The molecular formula is C68H114N18O18S2. The molecule has 5 aliphatic rings. The fourth-order valence-corrected chi connectivity index (χ4v) is 16.5. The van der Waals surface area contributed by atoms with Gasteiger partial charge in [0.2, 0.25) is 76.8 Å². The highest BCUT2D eigenvalue weighted by molar-refractivity contribution is 8.77. The topological polar surface area (TPSA) is 563 Å². The van der Waals surface area contributed by atoms with Gasteiger partial charge in [-0.3, -0.25) is 76.9 Å². The van der Waals surface area contributed by atoms with Gasteiger partial charge in [0.1, 0.15) is 72.5 Å². The van der Waals surface area contributed by atoms with Gasteiger partial charge in [0.25, 0.3) is 5.91 Å². The first-order valence-electron chi connectivity index (χ1n) is 36.8. The van der Waals surface area contributed by atoms with Gasteiger partial charge in [-0.1, -0.05) is 102 Å². The molecule has 4 aliphatic heterocycles. The molecule has 5 fully saturated rings. The van der Waals surface area contributed by atoms with Crippen molar-refractivity contribution in [2.45, 2.75) is 273 Å². The molecule has 0 bridgehead atoms. The summed E-state index contributed by atoms with van der Waals surface area (Å²) < 4.78 is -1.74. The highest BCUT2D eigenvalue weighted by Crippen LogP contribution is 2.43. The van der Waals surface area contributed by atoms with Crippen molar-refractivity contribution in [2.75, 3.05) is 32.8 Å². The molecule has 0 spiro atoms. The fourth-order valence-electron chi connectivity index (χ4n) is 13.8. The van der Waals surface area contributed by atoms with Crippen LogP contribution in [0.1, 0.15) is 178 Å². The number of carbonyl (C=O) groups excluding carboxylic acids is 14. The lowest BCUT2D eigenvalue weighted by Gasteiger charge is -2.39. The predicted octanol–water partition coefficient (Wildman–Crippen LogP) is -3.61. The third-order valence-corrected chi connectivity index (χ3v) is 23.6. The third kappa shape index (κ3) is 24.2. The monoisotopic (exact) mass is 1530 g/mol. The van der Waals surface area contributed by atoms with Gasteiger partial charge in [0.05, 0.1) is 30.4 Å². The van der Waals surface area contributed by atoms with E-state index < -0.39 is 215 Å². The largest absolute Gasteiger partial charge is 0.481 e. The number of primary amides is 1. The molecule has 0 aromatic heterocycles. The van der Waals surface area contributed by atoms with E-state index in [9.17, 15) is 58.5 Å². The van der Waals surface area contributed by atoms with Crippen molar-refractivity contribution in [3.63, 3.8) is 0 Å². The zero-order valence-electron chi connectivity index (χ0n) is 62.4. The van der Waals surface area contributed by atoms with Crippen LogP contribution in [0.15, 0.2) is 4.99 Å². The van der Waals surface area contributed by atoms with Gasteiger partial charge in [-0.2, -0.15) is 0 Å². The summed E-state index contributed by atoms with van der Waals surface area (Å²) in [4.78, 5) is 224. The Morgan fingerprint density at radius 2 is 1.27 bits per heavy atom. The zero-order valence-corrected chi connectivity index (χ0v) is 64.0. The van der Waals surface area contributed by atoms with Crippen LogP contribution in [-0.2, 0) is 71.9 Å². The van der Waals surface area contributed by atoms with Crippen LogP contribution in [0, 0.1) is 23.7 Å². The van der Waals surface area contributed by atoms with Gasteiger partial charge in [-0.15, -0.1) is 0 Å². The Morgan fingerprint density at radius 1 is 0.660 bits per heavy atom. The minimum Gasteiger partial charge on any atom is -0.481 e. The van der Waals surface area contributed by atoms with Crippen molar-refractivity contribution < 1.29 is 87.2 Å². The molecular weight excluding hydrogens is 1420 g/mol. The molecule has 0 aromatic carbocycles. The molecule has 5 rings (SSSR count). The van der Waals surface area contributed by atoms with Crippen molar-refractivity contribution in [1.82, 2.24) is 67.9 Å². The number of nitrogens with two attached hydrogens (primary N) is 4. The van der Waals surface area contributed by atoms with Crippen molar-refractivity contribution in [3.8, 4) is 0 Å². The second kappa shape index (κ2) is 41.3. The minimum atomic E-state index is -1.95. The predicted molar refractivity (Wildman–Crippen MR) is 391 cm³/mol. The van der Waals surface area contributed by atoms with E-state index in [2.05, 4.69) is 58.2 Å². The minimum absolute atomic E-state index is 0.000754. The zero-order chi connectivity index (χ0) is 79.2. The molecule has 0 aromatic rings. The molecule has 1 saturated carbocycles. The second-order valence-electron chi connectivity index (χ2n) is 29.2. The number of amides is 14. The van der Waals surface area contributed by atoms with Crippen LogP contribution in [0.5, 0.6) is 0 Å². The lowest BCUT2D eigenvalue weighted by Crippen LogP contribution is -2.65. The van der Waals surface area contributed by atoms with Gasteiger partial charge >= 0.3 is 5.97 Å². The SMILES string of the molecule is CCC[C@H](NC(=O)[C@H](C)N)C(=O)NC1SSC(C)(C)[C@@H](C(=O)N[C@H](C(=O)N2CCC[C@H]2C(=O)N[C@@H](CC(=O)O)C(N)=O)[C@@H](C)CC)NC(=O)C([C@@H](C)CC)NC(=O)[C@@H]2C[C@@H]3CCCC[C@@H]3N2C(=O)[C@@H]2CCCN2C(=O)[C@H](CC(C)C)NC(=O)[C@H](CO)NC(=O)[C@H](CCCN=C(N)N)NC(=O)[C@H](CO)NC1=O. The molecule has 18 atom stereocenters. The van der Waals surface area contributed by atoms with Gasteiger partial charge in [0, 0.05) is 25.7 Å². The summed E-state index contributed by atoms with van der Waals surface area (Å²) in [6.45, 7) is 14.2. The molecule has 38 heteroatoms. The molecule has 4 saturated heterocycles. The van der Waals surface area contributed by atoms with Gasteiger partial charge < -0.3 is 106 Å². The van der Waals surface area contributed by atoms with E-state index in [1.807, 2.05) is 0 Å². The summed E-state index contributed by atoms with van der Waals surface area (Å²) >= 11 is 0. The Bertz CT molecular complexity index is 3200. The number of carboxylic acid groups (broad SMARTS) is 1. The molecule has 106 heavy (non-hydrogen) atoms. The molecule has 1 aliphatic carbocycles. The molecule has 36 nitrogen and oxygen atoms in total. The maximum absolute atomic E-state index is 15.7. The number of aliphatic hydroxyl groups excluding tert-OH is 2. The maximum Gasteiger partial charge on any atom is 0.305 e. The Hall–Kier alpha value is -8.10. The number of carbonyl (C=O) groups is 15. The van der Waals surface area contributed by atoms with Gasteiger partial charge in [-0.05, 0) is 115 Å². The van der Waals surface area contributed by atoms with Crippen LogP contribution in [-0.4, -0.2) is 252 Å². The van der Waals surface area contributed by atoms with Crippen molar-refractivity contribution in [3.05, 3.63) is 0 Å². The molecule has 14 amide bonds. The lowest BCUT2D eigenvalue weighted by atomic mass is 9.84. The average molecular weight is 1540 g/mol. The van der Waals surface area contributed by atoms with E-state index in [1.54, 1.807) is 48.5 Å². The number of aliphatic carboxylic acids is 1. The molecule has 2 unspecified atom stereocenters. The highest BCUT2D eigenvalue weighted by Gasteiger charge is 2.53. The summed E-state index contributed by atoms with van der Waals surface area (Å²) in [5.41, 5.74) is 22.5. The quantitative estimate of drug-likeness (QED) is 0.0172. The number of guanidine groups is 1. The van der Waals surface area contributed by atoms with Crippen molar-refractivity contribution in [1.29, 1.82) is 0 Å². The Kier molecular flexibility index (Phi) is 34.5. The number of rotatable bonds is 26. The number of hydrogen-bond donors (Lipinski definition) is 17. The number of nitrogens with zero attached hydrogens (tertiary/aromatic N) is 4. The van der Waals surface area contributed by atoms with E-state index in [4.69, 9.17) is 22.9 Å². The Labute approximate surface area is 626 Å². The van der Waals surface area contributed by atoms with Crippen LogP contribution in [0.3, 0.4) is 0 Å². The van der Waals surface area contributed by atoms with Crippen molar-refractivity contribution >= 4 is 116 Å². The molecule has 0 radical (unpaired) electrons. The number of likely N-dealkylation sites (tertiary alicyclic amines) is 1. The van der Waals surface area contributed by atoms with E-state index in [-0.39, 0.29) is 102 Å². The number of aliphatic imine (C=N–C) groups is 1. The van der Waals surface area contributed by atoms with E-state index in [1.165, 1.54) is 35.5 Å².